The highest BCUT2D eigenvalue weighted by Gasteiger charge is 2.09. The van der Waals surface area contributed by atoms with Crippen molar-refractivity contribution in [3.63, 3.8) is 0 Å². The summed E-state index contributed by atoms with van der Waals surface area (Å²) in [7, 11) is 0. The van der Waals surface area contributed by atoms with Gasteiger partial charge in [-0.1, -0.05) is 23.7 Å². The highest BCUT2D eigenvalue weighted by molar-refractivity contribution is 6.30. The van der Waals surface area contributed by atoms with Crippen LogP contribution in [0.2, 0.25) is 5.02 Å². The molecule has 0 spiro atoms. The third-order valence-electron chi connectivity index (χ3n) is 2.17. The Bertz CT molecular complexity index is 589. The van der Waals surface area contributed by atoms with E-state index in [1.807, 2.05) is 0 Å². The van der Waals surface area contributed by atoms with Crippen molar-refractivity contribution >= 4 is 24.2 Å². The number of rotatable bonds is 2. The molecular formula is C14H8ClF3O2. The molecule has 0 radical (unpaired) electrons. The molecule has 0 saturated heterocycles. The second kappa shape index (κ2) is 7.45. The number of benzene rings is 2. The third kappa shape index (κ3) is 4.51. The van der Waals surface area contributed by atoms with E-state index in [2.05, 4.69) is 0 Å². The maximum atomic E-state index is 12.4. The van der Waals surface area contributed by atoms with E-state index in [0.717, 1.165) is 6.29 Å². The lowest BCUT2D eigenvalue weighted by Gasteiger charge is -1.95. The van der Waals surface area contributed by atoms with Gasteiger partial charge in [0.2, 0.25) is 0 Å². The van der Waals surface area contributed by atoms with Crippen LogP contribution in [0.3, 0.4) is 0 Å². The molecule has 2 aromatic rings. The highest BCUT2D eigenvalue weighted by Crippen LogP contribution is 2.11. The van der Waals surface area contributed by atoms with Gasteiger partial charge in [-0.25, -0.2) is 13.2 Å². The van der Waals surface area contributed by atoms with Crippen LogP contribution in [-0.4, -0.2) is 12.6 Å². The Balaban J connectivity index is 0.000000204. The van der Waals surface area contributed by atoms with Crippen LogP contribution in [0.25, 0.3) is 0 Å². The van der Waals surface area contributed by atoms with Crippen molar-refractivity contribution in [2.75, 3.05) is 0 Å². The number of hydrogen-bond acceptors (Lipinski definition) is 2. The van der Waals surface area contributed by atoms with Crippen molar-refractivity contribution in [2.45, 2.75) is 0 Å². The van der Waals surface area contributed by atoms with Crippen molar-refractivity contribution in [2.24, 2.45) is 0 Å². The zero-order chi connectivity index (χ0) is 15.1. The van der Waals surface area contributed by atoms with E-state index in [9.17, 15) is 22.8 Å². The molecule has 104 valence electrons. The average Bonchev–Trinajstić information content (AvgIpc) is 2.40. The molecule has 0 atom stereocenters. The molecule has 0 unspecified atom stereocenters. The fourth-order valence-corrected chi connectivity index (χ4v) is 1.33. The van der Waals surface area contributed by atoms with Gasteiger partial charge < -0.3 is 0 Å². The molecule has 0 aromatic heterocycles. The molecule has 20 heavy (non-hydrogen) atoms. The van der Waals surface area contributed by atoms with Gasteiger partial charge in [0.1, 0.15) is 23.7 Å². The molecule has 0 aliphatic heterocycles. The van der Waals surface area contributed by atoms with E-state index in [1.54, 1.807) is 24.3 Å². The minimum absolute atomic E-state index is 0.00407. The van der Waals surface area contributed by atoms with E-state index >= 15 is 0 Å². The van der Waals surface area contributed by atoms with Gasteiger partial charge in [-0.15, -0.1) is 0 Å². The van der Waals surface area contributed by atoms with Crippen LogP contribution in [0.1, 0.15) is 20.7 Å². The van der Waals surface area contributed by atoms with E-state index in [1.165, 1.54) is 0 Å². The quantitative estimate of drug-likeness (QED) is 0.784. The zero-order valence-corrected chi connectivity index (χ0v) is 10.7. The Morgan fingerprint density at radius 1 is 0.850 bits per heavy atom. The molecule has 2 aromatic carbocycles. The van der Waals surface area contributed by atoms with E-state index in [0.29, 0.717) is 22.7 Å². The molecule has 2 rings (SSSR count). The SMILES string of the molecule is O=Cc1c(F)cc(F)cc1F.O=Cc1ccc(Cl)cc1. The van der Waals surface area contributed by atoms with Gasteiger partial charge in [0.15, 0.2) is 6.29 Å². The summed E-state index contributed by atoms with van der Waals surface area (Å²) < 4.78 is 36.9. The molecule has 0 saturated carbocycles. The smallest absolute Gasteiger partial charge is 0.155 e. The van der Waals surface area contributed by atoms with E-state index in [4.69, 9.17) is 11.6 Å². The Labute approximate surface area is 117 Å². The van der Waals surface area contributed by atoms with Gasteiger partial charge in [-0.3, -0.25) is 9.59 Å². The Hall–Kier alpha value is -2.14. The van der Waals surface area contributed by atoms with Crippen molar-refractivity contribution in [1.29, 1.82) is 0 Å². The van der Waals surface area contributed by atoms with Gasteiger partial charge in [-0.05, 0) is 12.1 Å². The molecule has 0 fully saturated rings. The summed E-state index contributed by atoms with van der Waals surface area (Å²) in [5, 5.41) is 0.653. The second-order valence-corrected chi connectivity index (χ2v) is 4.01. The van der Waals surface area contributed by atoms with Crippen LogP contribution in [-0.2, 0) is 0 Å². The van der Waals surface area contributed by atoms with Gasteiger partial charge in [-0.2, -0.15) is 0 Å². The summed E-state index contributed by atoms with van der Waals surface area (Å²) in [5.74, 6) is -3.40. The summed E-state index contributed by atoms with van der Waals surface area (Å²) >= 11 is 5.55. The van der Waals surface area contributed by atoms with Crippen LogP contribution in [0, 0.1) is 17.5 Å². The monoisotopic (exact) mass is 300 g/mol. The second-order valence-electron chi connectivity index (χ2n) is 3.57. The highest BCUT2D eigenvalue weighted by atomic mass is 35.5. The lowest BCUT2D eigenvalue weighted by atomic mass is 10.2. The molecule has 0 N–H and O–H groups in total. The molecule has 0 aliphatic carbocycles. The van der Waals surface area contributed by atoms with Crippen LogP contribution in [0.15, 0.2) is 36.4 Å². The normalized spacial score (nSPS) is 9.40. The van der Waals surface area contributed by atoms with Gasteiger partial charge in [0.05, 0.1) is 5.56 Å². The fourth-order valence-electron chi connectivity index (χ4n) is 1.21. The lowest BCUT2D eigenvalue weighted by Crippen LogP contribution is -1.94. The number of aldehydes is 2. The summed E-state index contributed by atoms with van der Waals surface area (Å²) in [5.41, 5.74) is -0.0919. The lowest BCUT2D eigenvalue weighted by molar-refractivity contribution is 0.111. The summed E-state index contributed by atoms with van der Waals surface area (Å²) in [4.78, 5) is 20.0. The summed E-state index contributed by atoms with van der Waals surface area (Å²) in [6.45, 7) is 0. The van der Waals surface area contributed by atoms with Crippen LogP contribution in [0.4, 0.5) is 13.2 Å². The zero-order valence-electron chi connectivity index (χ0n) is 9.95. The van der Waals surface area contributed by atoms with Crippen molar-refractivity contribution < 1.29 is 22.8 Å². The van der Waals surface area contributed by atoms with E-state index < -0.39 is 23.0 Å². The number of hydrogen-bond donors (Lipinski definition) is 0. The van der Waals surface area contributed by atoms with Crippen molar-refractivity contribution in [1.82, 2.24) is 0 Å². The molecule has 0 aliphatic rings. The summed E-state index contributed by atoms with van der Waals surface area (Å²) in [6.07, 6.45) is 0.792. The van der Waals surface area contributed by atoms with E-state index in [-0.39, 0.29) is 6.29 Å². The standard InChI is InChI=1S/C7H5ClO.C7H3F3O/c8-7-3-1-6(5-9)2-4-7;8-4-1-6(9)5(3-11)7(10)2-4/h1-5H;1-3H. The maximum absolute atomic E-state index is 12.4. The predicted octanol–water partition coefficient (Wildman–Crippen LogP) is 4.07. The van der Waals surface area contributed by atoms with Gasteiger partial charge in [0, 0.05) is 22.7 Å². The molecule has 0 bridgehead atoms. The molecule has 2 nitrogen and oxygen atoms in total. The molecule has 0 heterocycles. The maximum Gasteiger partial charge on any atom is 0.155 e. The third-order valence-corrected chi connectivity index (χ3v) is 2.42. The Kier molecular flexibility index (Phi) is 5.93. The van der Waals surface area contributed by atoms with Gasteiger partial charge >= 0.3 is 0 Å². The largest absolute Gasteiger partial charge is 0.298 e. The number of carbonyl (C=O) groups excluding carboxylic acids is 2. The summed E-state index contributed by atoms with van der Waals surface area (Å²) in [6, 6.07) is 7.63. The van der Waals surface area contributed by atoms with Crippen molar-refractivity contribution in [3.05, 3.63) is 70.0 Å². The minimum Gasteiger partial charge on any atom is -0.298 e. The molecular weight excluding hydrogens is 293 g/mol. The molecule has 0 amide bonds. The molecule has 6 heteroatoms. The average molecular weight is 301 g/mol. The van der Waals surface area contributed by atoms with Gasteiger partial charge in [0.25, 0.3) is 0 Å². The fraction of sp³-hybridized carbons (Fsp3) is 0. The van der Waals surface area contributed by atoms with Crippen LogP contribution in [0.5, 0.6) is 0 Å². The first-order valence-corrected chi connectivity index (χ1v) is 5.66. The first-order valence-electron chi connectivity index (χ1n) is 5.28. The predicted molar refractivity (Wildman–Crippen MR) is 68.5 cm³/mol. The minimum atomic E-state index is -1.18. The Morgan fingerprint density at radius 2 is 1.35 bits per heavy atom. The van der Waals surface area contributed by atoms with Crippen LogP contribution >= 0.6 is 11.6 Å². The Morgan fingerprint density at radius 3 is 1.75 bits per heavy atom. The number of halogens is 4. The first-order chi connectivity index (χ1) is 9.47. The topological polar surface area (TPSA) is 34.1 Å². The van der Waals surface area contributed by atoms with Crippen molar-refractivity contribution in [3.8, 4) is 0 Å². The van der Waals surface area contributed by atoms with Crippen LogP contribution < -0.4 is 0 Å². The first kappa shape index (κ1) is 15.9. The number of carbonyl (C=O) groups is 2.